The van der Waals surface area contributed by atoms with E-state index in [9.17, 15) is 0 Å². The van der Waals surface area contributed by atoms with Crippen molar-refractivity contribution in [1.82, 2.24) is 9.97 Å². The average Bonchev–Trinajstić information content (AvgIpc) is 2.46. The number of rotatable bonds is 2. The van der Waals surface area contributed by atoms with Gasteiger partial charge in [-0.15, -0.1) is 10.2 Å². The molecule has 0 unspecified atom stereocenters. The summed E-state index contributed by atoms with van der Waals surface area (Å²) in [6.45, 7) is 0. The molecule has 0 bridgehead atoms. The van der Waals surface area contributed by atoms with E-state index < -0.39 is 0 Å². The summed E-state index contributed by atoms with van der Waals surface area (Å²) in [4.78, 5) is 7.73. The average molecular weight is 234 g/mol. The molecule has 6 nitrogen and oxygen atoms in total. The van der Waals surface area contributed by atoms with Crippen LogP contribution in [0, 0.1) is 22.7 Å². The van der Waals surface area contributed by atoms with Gasteiger partial charge in [0.25, 0.3) is 0 Å². The van der Waals surface area contributed by atoms with Gasteiger partial charge in [0.15, 0.2) is 0 Å². The molecule has 2 aromatic rings. The lowest BCUT2D eigenvalue weighted by Gasteiger charge is -1.93. The Labute approximate surface area is 103 Å². The monoisotopic (exact) mass is 234 g/mol. The van der Waals surface area contributed by atoms with Gasteiger partial charge in [-0.1, -0.05) is 0 Å². The van der Waals surface area contributed by atoms with Crippen LogP contribution in [0.2, 0.25) is 0 Å². The minimum absolute atomic E-state index is 0.328. The molecule has 0 N–H and O–H groups in total. The highest BCUT2D eigenvalue weighted by Crippen LogP contribution is 2.16. The largest absolute Gasteiger partial charge is 0.243 e. The Balaban J connectivity index is 2.14. The van der Waals surface area contributed by atoms with E-state index in [1.165, 1.54) is 12.4 Å². The molecule has 0 amide bonds. The van der Waals surface area contributed by atoms with Crippen LogP contribution in [0.3, 0.4) is 0 Å². The van der Waals surface area contributed by atoms with E-state index in [1.54, 1.807) is 24.3 Å². The van der Waals surface area contributed by atoms with Gasteiger partial charge in [0.2, 0.25) is 0 Å². The van der Waals surface area contributed by atoms with Crippen LogP contribution in [0.15, 0.2) is 46.9 Å². The van der Waals surface area contributed by atoms with Gasteiger partial charge in [-0.2, -0.15) is 10.5 Å². The van der Waals surface area contributed by atoms with Crippen LogP contribution in [0.5, 0.6) is 0 Å². The van der Waals surface area contributed by atoms with Gasteiger partial charge in [0.1, 0.15) is 34.9 Å². The molecule has 0 aliphatic heterocycles. The highest BCUT2D eigenvalue weighted by molar-refractivity contribution is 5.39. The Kier molecular flexibility index (Phi) is 3.34. The fraction of sp³-hybridized carbons (Fsp3) is 0. The van der Waals surface area contributed by atoms with Gasteiger partial charge in [-0.05, 0) is 24.3 Å². The third-order valence-corrected chi connectivity index (χ3v) is 2.01. The SMILES string of the molecule is N#Cc1ccc(N=Nc2ccc(C#N)nc2)cn1. The zero-order chi connectivity index (χ0) is 12.8. The Morgan fingerprint density at radius 1 is 0.778 bits per heavy atom. The lowest BCUT2D eigenvalue weighted by atomic mass is 10.3. The molecular formula is C12H6N6. The summed E-state index contributed by atoms with van der Waals surface area (Å²) >= 11 is 0. The topological polar surface area (TPSA) is 98.1 Å². The molecule has 18 heavy (non-hydrogen) atoms. The smallest absolute Gasteiger partial charge is 0.140 e. The molecule has 84 valence electrons. The number of nitrogens with zero attached hydrogens (tertiary/aromatic N) is 6. The maximum Gasteiger partial charge on any atom is 0.140 e. The maximum absolute atomic E-state index is 8.58. The van der Waals surface area contributed by atoms with E-state index >= 15 is 0 Å². The minimum atomic E-state index is 0.328. The normalized spacial score (nSPS) is 9.89. The number of azo groups is 1. The first kappa shape index (κ1) is 11.4. The van der Waals surface area contributed by atoms with Crippen LogP contribution in [-0.2, 0) is 0 Å². The number of pyridine rings is 2. The predicted octanol–water partition coefficient (Wildman–Crippen LogP) is 2.64. The first-order valence-corrected chi connectivity index (χ1v) is 4.96. The minimum Gasteiger partial charge on any atom is -0.243 e. The first-order valence-electron chi connectivity index (χ1n) is 4.96. The Morgan fingerprint density at radius 3 is 1.50 bits per heavy atom. The molecule has 0 fully saturated rings. The second kappa shape index (κ2) is 5.28. The molecule has 2 rings (SSSR count). The van der Waals surface area contributed by atoms with E-state index in [0.717, 1.165) is 0 Å². The molecule has 0 aliphatic carbocycles. The fourth-order valence-corrected chi connectivity index (χ4v) is 1.14. The van der Waals surface area contributed by atoms with Crippen LogP contribution in [0.25, 0.3) is 0 Å². The van der Waals surface area contributed by atoms with Crippen LogP contribution >= 0.6 is 0 Å². The zero-order valence-corrected chi connectivity index (χ0v) is 9.15. The van der Waals surface area contributed by atoms with Crippen LogP contribution in [0.4, 0.5) is 11.4 Å². The summed E-state index contributed by atoms with van der Waals surface area (Å²) in [7, 11) is 0. The van der Waals surface area contributed by atoms with Crippen molar-refractivity contribution in [1.29, 1.82) is 10.5 Å². The summed E-state index contributed by atoms with van der Waals surface area (Å²) < 4.78 is 0. The van der Waals surface area contributed by atoms with E-state index in [0.29, 0.717) is 22.8 Å². The standard InChI is InChI=1S/C12H6N6/c13-5-9-1-3-11(7-15-9)17-18-12-4-2-10(6-14)16-8-12/h1-4,7-8H. The number of aromatic nitrogens is 2. The van der Waals surface area contributed by atoms with Crippen molar-refractivity contribution in [2.75, 3.05) is 0 Å². The molecule has 0 spiro atoms. The van der Waals surface area contributed by atoms with Crippen LogP contribution in [0.1, 0.15) is 11.4 Å². The van der Waals surface area contributed by atoms with Gasteiger partial charge in [-0.25, -0.2) is 9.97 Å². The summed E-state index contributed by atoms with van der Waals surface area (Å²) in [5.74, 6) is 0. The van der Waals surface area contributed by atoms with Crippen LogP contribution in [-0.4, -0.2) is 9.97 Å². The van der Waals surface area contributed by atoms with E-state index in [4.69, 9.17) is 10.5 Å². The molecule has 2 aromatic heterocycles. The number of hydrogen-bond donors (Lipinski definition) is 0. The Hall–Kier alpha value is -3.12. The lowest BCUT2D eigenvalue weighted by molar-refractivity contribution is 1.16. The maximum atomic E-state index is 8.58. The third-order valence-electron chi connectivity index (χ3n) is 2.01. The highest BCUT2D eigenvalue weighted by atomic mass is 15.1. The Bertz CT molecular complexity index is 583. The van der Waals surface area contributed by atoms with E-state index in [-0.39, 0.29) is 0 Å². The van der Waals surface area contributed by atoms with E-state index in [1.807, 2.05) is 12.1 Å². The molecule has 0 radical (unpaired) electrons. The quantitative estimate of drug-likeness (QED) is 0.745. The fourth-order valence-electron chi connectivity index (χ4n) is 1.14. The van der Waals surface area contributed by atoms with Crippen molar-refractivity contribution in [2.24, 2.45) is 10.2 Å². The predicted molar refractivity (Wildman–Crippen MR) is 62.1 cm³/mol. The molecular weight excluding hydrogens is 228 g/mol. The number of nitriles is 2. The first-order chi connectivity index (χ1) is 8.81. The molecule has 0 saturated heterocycles. The van der Waals surface area contributed by atoms with Gasteiger partial charge in [-0.3, -0.25) is 0 Å². The molecule has 6 heteroatoms. The second-order valence-electron chi connectivity index (χ2n) is 3.23. The van der Waals surface area contributed by atoms with E-state index in [2.05, 4.69) is 20.2 Å². The number of hydrogen-bond acceptors (Lipinski definition) is 6. The van der Waals surface area contributed by atoms with Crippen LogP contribution < -0.4 is 0 Å². The summed E-state index contributed by atoms with van der Waals surface area (Å²) in [5.41, 5.74) is 1.74. The third kappa shape index (κ3) is 2.71. The summed E-state index contributed by atoms with van der Waals surface area (Å²) in [6, 6.07) is 10.2. The lowest BCUT2D eigenvalue weighted by Crippen LogP contribution is -1.79. The van der Waals surface area contributed by atoms with Gasteiger partial charge in [0.05, 0.1) is 12.4 Å². The van der Waals surface area contributed by atoms with Crippen molar-refractivity contribution >= 4 is 11.4 Å². The van der Waals surface area contributed by atoms with Crippen molar-refractivity contribution in [2.45, 2.75) is 0 Å². The van der Waals surface area contributed by atoms with Crippen molar-refractivity contribution in [3.8, 4) is 12.1 Å². The van der Waals surface area contributed by atoms with Gasteiger partial charge in [0, 0.05) is 0 Å². The summed E-state index contributed by atoms with van der Waals surface area (Å²) in [5, 5.41) is 25.0. The van der Waals surface area contributed by atoms with Crippen molar-refractivity contribution in [3.05, 3.63) is 48.0 Å². The molecule has 0 saturated carbocycles. The molecule has 0 aliphatic rings. The van der Waals surface area contributed by atoms with Gasteiger partial charge >= 0.3 is 0 Å². The molecule has 2 heterocycles. The van der Waals surface area contributed by atoms with Crippen molar-refractivity contribution in [3.63, 3.8) is 0 Å². The van der Waals surface area contributed by atoms with Crippen molar-refractivity contribution < 1.29 is 0 Å². The highest BCUT2D eigenvalue weighted by Gasteiger charge is 1.95. The Morgan fingerprint density at radius 2 is 1.22 bits per heavy atom. The molecule has 0 atom stereocenters. The second-order valence-corrected chi connectivity index (χ2v) is 3.23. The zero-order valence-electron chi connectivity index (χ0n) is 9.15. The summed E-state index contributed by atoms with van der Waals surface area (Å²) in [6.07, 6.45) is 2.91. The molecule has 0 aromatic carbocycles. The van der Waals surface area contributed by atoms with Gasteiger partial charge < -0.3 is 0 Å².